The van der Waals surface area contributed by atoms with Crippen LogP contribution in [0.2, 0.25) is 0 Å². The number of halogens is 1. The van der Waals surface area contributed by atoms with Crippen molar-refractivity contribution in [2.75, 3.05) is 59.3 Å². The number of hydrogen-bond acceptors (Lipinski definition) is 5. The third kappa shape index (κ3) is 8.68. The maximum Gasteiger partial charge on any atom is 0.195 e. The summed E-state index contributed by atoms with van der Waals surface area (Å²) in [5, 5.41) is 6.70. The van der Waals surface area contributed by atoms with Gasteiger partial charge in [0.2, 0.25) is 0 Å². The highest BCUT2D eigenvalue weighted by Crippen LogP contribution is 2.30. The Bertz CT molecular complexity index is 876. The third-order valence-corrected chi connectivity index (χ3v) is 5.65. The van der Waals surface area contributed by atoms with Crippen molar-refractivity contribution >= 4 is 35.6 Å². The van der Waals surface area contributed by atoms with Gasteiger partial charge in [-0.25, -0.2) is 0 Å². The van der Waals surface area contributed by atoms with Crippen molar-refractivity contribution in [1.82, 2.24) is 15.1 Å². The molecule has 1 saturated heterocycles. The van der Waals surface area contributed by atoms with Crippen LogP contribution in [-0.4, -0.2) is 69.8 Å². The van der Waals surface area contributed by atoms with Crippen LogP contribution < -0.4 is 20.1 Å². The van der Waals surface area contributed by atoms with Crippen LogP contribution in [0, 0.1) is 0 Å². The fourth-order valence-corrected chi connectivity index (χ4v) is 3.80. The van der Waals surface area contributed by atoms with Crippen molar-refractivity contribution in [2.24, 2.45) is 4.99 Å². The molecule has 1 aliphatic rings. The number of ether oxygens (including phenoxy) is 2. The minimum Gasteiger partial charge on any atom is -0.493 e. The summed E-state index contributed by atoms with van der Waals surface area (Å²) in [5.41, 5.74) is 3.47. The van der Waals surface area contributed by atoms with Gasteiger partial charge in [-0.3, -0.25) is 9.89 Å². The minimum atomic E-state index is 0. The SMILES string of the molecule is CCOc1cc(NC(=NC)NCc2ccc(CN3CCCN(C)CC3)cc2)ccc1OC.I. The second-order valence-electron chi connectivity index (χ2n) is 8.10. The fraction of sp³-hybridized carbons (Fsp3) is 0.480. The number of rotatable bonds is 8. The Kier molecular flexibility index (Phi) is 11.8. The van der Waals surface area contributed by atoms with Crippen molar-refractivity contribution < 1.29 is 9.47 Å². The highest BCUT2D eigenvalue weighted by atomic mass is 127. The molecule has 0 aliphatic carbocycles. The zero-order valence-electron chi connectivity index (χ0n) is 20.3. The van der Waals surface area contributed by atoms with Crippen LogP contribution in [0.3, 0.4) is 0 Å². The molecule has 0 amide bonds. The zero-order valence-corrected chi connectivity index (χ0v) is 22.6. The van der Waals surface area contributed by atoms with E-state index in [4.69, 9.17) is 9.47 Å². The maximum absolute atomic E-state index is 5.66. The van der Waals surface area contributed by atoms with E-state index in [1.807, 2.05) is 25.1 Å². The summed E-state index contributed by atoms with van der Waals surface area (Å²) in [6, 6.07) is 14.6. The van der Waals surface area contributed by atoms with Crippen molar-refractivity contribution in [3.05, 3.63) is 53.6 Å². The summed E-state index contributed by atoms with van der Waals surface area (Å²) < 4.78 is 11.0. The summed E-state index contributed by atoms with van der Waals surface area (Å²) in [4.78, 5) is 9.30. The predicted octanol–water partition coefficient (Wildman–Crippen LogP) is 4.04. The van der Waals surface area contributed by atoms with Gasteiger partial charge in [0.15, 0.2) is 17.5 Å². The molecule has 0 unspecified atom stereocenters. The normalized spacial score (nSPS) is 15.3. The van der Waals surface area contributed by atoms with Gasteiger partial charge in [0, 0.05) is 45.0 Å². The van der Waals surface area contributed by atoms with E-state index in [1.165, 1.54) is 30.6 Å². The Labute approximate surface area is 215 Å². The molecule has 0 saturated carbocycles. The molecule has 0 bridgehead atoms. The highest BCUT2D eigenvalue weighted by molar-refractivity contribution is 14.0. The Morgan fingerprint density at radius 2 is 1.76 bits per heavy atom. The van der Waals surface area contributed by atoms with Gasteiger partial charge < -0.3 is 25.0 Å². The van der Waals surface area contributed by atoms with E-state index in [9.17, 15) is 0 Å². The number of guanidine groups is 1. The van der Waals surface area contributed by atoms with E-state index >= 15 is 0 Å². The molecule has 2 aromatic rings. The molecule has 0 atom stereocenters. The van der Waals surface area contributed by atoms with Crippen LogP contribution in [0.25, 0.3) is 0 Å². The Hall–Kier alpha value is -2.04. The third-order valence-electron chi connectivity index (χ3n) is 5.65. The van der Waals surface area contributed by atoms with Crippen molar-refractivity contribution in [2.45, 2.75) is 26.4 Å². The van der Waals surface area contributed by atoms with E-state index in [0.717, 1.165) is 25.3 Å². The topological polar surface area (TPSA) is 61.4 Å². The lowest BCUT2D eigenvalue weighted by Gasteiger charge is -2.20. The van der Waals surface area contributed by atoms with E-state index in [2.05, 4.69) is 56.7 Å². The monoisotopic (exact) mass is 567 g/mol. The molecule has 8 heteroatoms. The first kappa shape index (κ1) is 27.2. The highest BCUT2D eigenvalue weighted by Gasteiger charge is 2.12. The van der Waals surface area contributed by atoms with E-state index < -0.39 is 0 Å². The first-order valence-electron chi connectivity index (χ1n) is 11.4. The van der Waals surface area contributed by atoms with Gasteiger partial charge in [-0.15, -0.1) is 24.0 Å². The molecule has 182 valence electrons. The van der Waals surface area contributed by atoms with Gasteiger partial charge in [0.1, 0.15) is 0 Å². The van der Waals surface area contributed by atoms with Gasteiger partial charge in [0.25, 0.3) is 0 Å². The Balaban J connectivity index is 0.00000385. The average molecular weight is 568 g/mol. The largest absolute Gasteiger partial charge is 0.493 e. The van der Waals surface area contributed by atoms with Crippen LogP contribution in [0.1, 0.15) is 24.5 Å². The second-order valence-corrected chi connectivity index (χ2v) is 8.10. The smallest absolute Gasteiger partial charge is 0.195 e. The molecule has 1 aliphatic heterocycles. The molecule has 7 nitrogen and oxygen atoms in total. The molecule has 0 spiro atoms. The number of anilines is 1. The van der Waals surface area contributed by atoms with Crippen LogP contribution in [0.15, 0.2) is 47.5 Å². The van der Waals surface area contributed by atoms with Crippen molar-refractivity contribution in [3.8, 4) is 11.5 Å². The molecular formula is C25H38IN5O2. The summed E-state index contributed by atoms with van der Waals surface area (Å²) in [5.74, 6) is 2.13. The fourth-order valence-electron chi connectivity index (χ4n) is 3.80. The van der Waals surface area contributed by atoms with Crippen LogP contribution in [-0.2, 0) is 13.1 Å². The minimum absolute atomic E-state index is 0. The van der Waals surface area contributed by atoms with Crippen LogP contribution in [0.4, 0.5) is 5.69 Å². The molecule has 0 aromatic heterocycles. The maximum atomic E-state index is 5.66. The first-order valence-corrected chi connectivity index (χ1v) is 11.4. The molecule has 1 fully saturated rings. The average Bonchev–Trinajstić information content (AvgIpc) is 3.02. The molecule has 33 heavy (non-hydrogen) atoms. The van der Waals surface area contributed by atoms with Gasteiger partial charge in [-0.2, -0.15) is 0 Å². The molecule has 2 N–H and O–H groups in total. The number of nitrogens with zero attached hydrogens (tertiary/aromatic N) is 3. The zero-order chi connectivity index (χ0) is 22.8. The van der Waals surface area contributed by atoms with Crippen molar-refractivity contribution in [3.63, 3.8) is 0 Å². The number of aliphatic imine (C=N–C) groups is 1. The van der Waals surface area contributed by atoms with Gasteiger partial charge in [-0.1, -0.05) is 24.3 Å². The van der Waals surface area contributed by atoms with Crippen LogP contribution in [0.5, 0.6) is 11.5 Å². The molecule has 2 aromatic carbocycles. The first-order chi connectivity index (χ1) is 15.6. The summed E-state index contributed by atoms with van der Waals surface area (Å²) in [6.45, 7) is 8.90. The summed E-state index contributed by atoms with van der Waals surface area (Å²) in [6.07, 6.45) is 1.24. The second kappa shape index (κ2) is 14.3. The number of likely N-dealkylation sites (N-methyl/N-ethyl adjacent to an activating group) is 1. The van der Waals surface area contributed by atoms with E-state index in [1.54, 1.807) is 14.2 Å². The number of benzene rings is 2. The lowest BCUT2D eigenvalue weighted by atomic mass is 10.1. The van der Waals surface area contributed by atoms with E-state index in [0.29, 0.717) is 30.6 Å². The number of hydrogen-bond donors (Lipinski definition) is 2. The molecule has 3 rings (SSSR count). The number of nitrogens with one attached hydrogen (secondary N) is 2. The van der Waals surface area contributed by atoms with E-state index in [-0.39, 0.29) is 24.0 Å². The van der Waals surface area contributed by atoms with Crippen molar-refractivity contribution in [1.29, 1.82) is 0 Å². The standard InChI is InChI=1S/C25H37N5O2.HI/c1-5-32-24-17-22(11-12-23(24)31-4)28-25(26-2)27-18-20-7-9-21(10-8-20)19-30-14-6-13-29(3)15-16-30;/h7-12,17H,5-6,13-16,18-19H2,1-4H3,(H2,26,27,28);1H. The summed E-state index contributed by atoms with van der Waals surface area (Å²) >= 11 is 0. The lowest BCUT2D eigenvalue weighted by Crippen LogP contribution is -2.30. The predicted molar refractivity (Wildman–Crippen MR) is 147 cm³/mol. The van der Waals surface area contributed by atoms with Crippen LogP contribution >= 0.6 is 24.0 Å². The Morgan fingerprint density at radius 3 is 2.45 bits per heavy atom. The Morgan fingerprint density at radius 1 is 1.00 bits per heavy atom. The van der Waals surface area contributed by atoms with Gasteiger partial charge >= 0.3 is 0 Å². The molecule has 0 radical (unpaired) electrons. The molecule has 1 heterocycles. The van der Waals surface area contributed by atoms with Gasteiger partial charge in [-0.05, 0) is 56.7 Å². The summed E-state index contributed by atoms with van der Waals surface area (Å²) in [7, 11) is 5.62. The molecular weight excluding hydrogens is 529 g/mol. The quantitative estimate of drug-likeness (QED) is 0.286. The lowest BCUT2D eigenvalue weighted by molar-refractivity contribution is 0.269. The number of methoxy groups -OCH3 is 1. The van der Waals surface area contributed by atoms with Gasteiger partial charge in [0.05, 0.1) is 13.7 Å².